The highest BCUT2D eigenvalue weighted by atomic mass is 19.1. The third-order valence-corrected chi connectivity index (χ3v) is 4.13. The summed E-state index contributed by atoms with van der Waals surface area (Å²) in [5, 5.41) is 13.5. The molecule has 0 saturated carbocycles. The second-order valence-electron chi connectivity index (χ2n) is 6.32. The maximum Gasteiger partial charge on any atom is 0.127 e. The Balaban J connectivity index is 1.93. The van der Waals surface area contributed by atoms with Crippen LogP contribution in [0.2, 0.25) is 0 Å². The van der Waals surface area contributed by atoms with E-state index in [9.17, 15) is 9.50 Å². The number of anilines is 1. The number of hydrogen-bond donors (Lipinski definition) is 2. The molecule has 112 valence electrons. The van der Waals surface area contributed by atoms with Crippen LogP contribution in [0.25, 0.3) is 16.9 Å². The fourth-order valence-corrected chi connectivity index (χ4v) is 3.22. The van der Waals surface area contributed by atoms with Gasteiger partial charge in [-0.05, 0) is 43.7 Å². The topological polar surface area (TPSA) is 41.5 Å². The van der Waals surface area contributed by atoms with Gasteiger partial charge in [-0.3, -0.25) is 0 Å². The minimum Gasteiger partial charge on any atom is -0.507 e. The number of rotatable bonds is 1. The summed E-state index contributed by atoms with van der Waals surface area (Å²) in [5.74, 6) is 0.366. The SMILES string of the molecule is CC1(C)C=C2OCc3c(-c4ccc(F)cc4O)ccc(c32)N1. The first kappa shape index (κ1) is 13.2. The van der Waals surface area contributed by atoms with Crippen LogP contribution in [-0.4, -0.2) is 10.6 Å². The highest BCUT2D eigenvalue weighted by Crippen LogP contribution is 2.46. The smallest absolute Gasteiger partial charge is 0.127 e. The molecule has 0 atom stereocenters. The molecule has 2 heterocycles. The van der Waals surface area contributed by atoms with Gasteiger partial charge in [0, 0.05) is 28.4 Å². The average Bonchev–Trinajstić information content (AvgIpc) is 2.84. The Morgan fingerprint density at radius 1 is 1.18 bits per heavy atom. The number of aromatic hydroxyl groups is 1. The Morgan fingerprint density at radius 3 is 2.73 bits per heavy atom. The molecule has 4 heteroatoms. The minimum atomic E-state index is -0.448. The second-order valence-corrected chi connectivity index (χ2v) is 6.32. The molecule has 3 nitrogen and oxygen atoms in total. The van der Waals surface area contributed by atoms with Gasteiger partial charge >= 0.3 is 0 Å². The van der Waals surface area contributed by atoms with Crippen molar-refractivity contribution >= 4 is 11.4 Å². The molecule has 0 unspecified atom stereocenters. The van der Waals surface area contributed by atoms with Crippen LogP contribution in [0, 0.1) is 5.82 Å². The standard InChI is InChI=1S/C18H16FNO2/c1-18(2)8-16-17-13(9-22-16)11(5-6-14(17)20-18)12-4-3-10(19)7-15(12)21/h3-8,20-21H,9H2,1-2H3. The largest absolute Gasteiger partial charge is 0.507 e. The van der Waals surface area contributed by atoms with Gasteiger partial charge in [-0.2, -0.15) is 0 Å². The van der Waals surface area contributed by atoms with E-state index in [1.807, 2.05) is 12.1 Å². The summed E-state index contributed by atoms with van der Waals surface area (Å²) in [6.07, 6.45) is 2.07. The van der Waals surface area contributed by atoms with Crippen LogP contribution in [0.5, 0.6) is 5.75 Å². The number of benzene rings is 2. The molecule has 22 heavy (non-hydrogen) atoms. The zero-order valence-electron chi connectivity index (χ0n) is 12.4. The van der Waals surface area contributed by atoms with Crippen molar-refractivity contribution in [3.63, 3.8) is 0 Å². The predicted molar refractivity (Wildman–Crippen MR) is 84.0 cm³/mol. The molecule has 2 aliphatic heterocycles. The number of hydrogen-bond acceptors (Lipinski definition) is 3. The van der Waals surface area contributed by atoms with Crippen molar-refractivity contribution in [2.24, 2.45) is 0 Å². The van der Waals surface area contributed by atoms with Gasteiger partial charge < -0.3 is 15.2 Å². The fourth-order valence-electron chi connectivity index (χ4n) is 3.22. The molecule has 2 aromatic carbocycles. The molecule has 4 rings (SSSR count). The summed E-state index contributed by atoms with van der Waals surface area (Å²) in [6.45, 7) is 4.63. The van der Waals surface area contributed by atoms with Gasteiger partial charge in [-0.15, -0.1) is 0 Å². The molecule has 0 radical (unpaired) electrons. The predicted octanol–water partition coefficient (Wildman–Crippen LogP) is 4.27. The normalized spacial score (nSPS) is 17.3. The Hall–Kier alpha value is -2.49. The Morgan fingerprint density at radius 2 is 1.95 bits per heavy atom. The van der Waals surface area contributed by atoms with E-state index in [0.717, 1.165) is 34.2 Å². The third-order valence-electron chi connectivity index (χ3n) is 4.13. The number of phenolic OH excluding ortho intramolecular Hbond substituents is 1. The first-order valence-corrected chi connectivity index (χ1v) is 7.24. The fraction of sp³-hybridized carbons (Fsp3) is 0.222. The van der Waals surface area contributed by atoms with Gasteiger partial charge in [0.25, 0.3) is 0 Å². The van der Waals surface area contributed by atoms with Gasteiger partial charge in [-0.1, -0.05) is 6.07 Å². The molecule has 2 aliphatic rings. The minimum absolute atomic E-state index is 0.0577. The zero-order chi connectivity index (χ0) is 15.5. The first-order chi connectivity index (χ1) is 10.4. The number of halogens is 1. The summed E-state index contributed by atoms with van der Waals surface area (Å²) in [5.41, 5.74) is 4.42. The van der Waals surface area contributed by atoms with Crippen LogP contribution in [-0.2, 0) is 11.3 Å². The van der Waals surface area contributed by atoms with E-state index in [2.05, 4.69) is 25.2 Å². The molecule has 0 amide bonds. The lowest BCUT2D eigenvalue weighted by atomic mass is 9.89. The van der Waals surface area contributed by atoms with Crippen molar-refractivity contribution in [2.75, 3.05) is 5.32 Å². The van der Waals surface area contributed by atoms with Gasteiger partial charge in [0.15, 0.2) is 0 Å². The maximum atomic E-state index is 13.2. The van der Waals surface area contributed by atoms with Crippen molar-refractivity contribution < 1.29 is 14.2 Å². The van der Waals surface area contributed by atoms with Crippen LogP contribution in [0.1, 0.15) is 25.0 Å². The lowest BCUT2D eigenvalue weighted by Crippen LogP contribution is -2.31. The summed E-state index contributed by atoms with van der Waals surface area (Å²) in [6, 6.07) is 8.03. The van der Waals surface area contributed by atoms with E-state index in [-0.39, 0.29) is 11.3 Å². The lowest BCUT2D eigenvalue weighted by molar-refractivity contribution is 0.283. The molecule has 0 aliphatic carbocycles. The molecule has 0 saturated heterocycles. The number of ether oxygens (including phenoxy) is 1. The molecular formula is C18H16FNO2. The summed E-state index contributed by atoms with van der Waals surface area (Å²) in [4.78, 5) is 0. The van der Waals surface area contributed by atoms with Crippen LogP contribution >= 0.6 is 0 Å². The van der Waals surface area contributed by atoms with Crippen molar-refractivity contribution in [2.45, 2.75) is 26.0 Å². The van der Waals surface area contributed by atoms with E-state index >= 15 is 0 Å². The highest BCUT2D eigenvalue weighted by Gasteiger charge is 2.33. The molecule has 0 fully saturated rings. The molecule has 0 bridgehead atoms. The summed E-state index contributed by atoms with van der Waals surface area (Å²) >= 11 is 0. The quantitative estimate of drug-likeness (QED) is 0.825. The first-order valence-electron chi connectivity index (χ1n) is 7.24. The van der Waals surface area contributed by atoms with Crippen LogP contribution in [0.15, 0.2) is 36.4 Å². The average molecular weight is 297 g/mol. The zero-order valence-corrected chi connectivity index (χ0v) is 12.4. The monoisotopic (exact) mass is 297 g/mol. The number of nitrogens with one attached hydrogen (secondary N) is 1. The van der Waals surface area contributed by atoms with Crippen LogP contribution in [0.3, 0.4) is 0 Å². The molecule has 2 aromatic rings. The molecule has 2 N–H and O–H groups in total. The summed E-state index contributed by atoms with van der Waals surface area (Å²) in [7, 11) is 0. The second kappa shape index (κ2) is 4.26. The lowest BCUT2D eigenvalue weighted by Gasteiger charge is -2.30. The van der Waals surface area contributed by atoms with Gasteiger partial charge in [0.05, 0.1) is 5.54 Å². The van der Waals surface area contributed by atoms with Crippen molar-refractivity contribution in [3.8, 4) is 16.9 Å². The van der Waals surface area contributed by atoms with Crippen molar-refractivity contribution in [3.05, 3.63) is 53.4 Å². The maximum absolute atomic E-state index is 13.2. The highest BCUT2D eigenvalue weighted by molar-refractivity contribution is 5.88. The van der Waals surface area contributed by atoms with E-state index < -0.39 is 5.82 Å². The molecule has 0 spiro atoms. The molecule has 0 aromatic heterocycles. The Kier molecular flexibility index (Phi) is 2.55. The Bertz CT molecular complexity index is 824. The number of phenols is 1. The van der Waals surface area contributed by atoms with Gasteiger partial charge in [0.1, 0.15) is 23.9 Å². The summed E-state index contributed by atoms with van der Waals surface area (Å²) < 4.78 is 19.0. The van der Waals surface area contributed by atoms with Crippen LogP contribution < -0.4 is 5.32 Å². The van der Waals surface area contributed by atoms with E-state index in [1.165, 1.54) is 6.07 Å². The van der Waals surface area contributed by atoms with E-state index in [1.54, 1.807) is 6.07 Å². The van der Waals surface area contributed by atoms with Gasteiger partial charge in [0.2, 0.25) is 0 Å². The van der Waals surface area contributed by atoms with Gasteiger partial charge in [-0.25, -0.2) is 4.39 Å². The Labute approximate surface area is 128 Å². The van der Waals surface area contributed by atoms with Crippen LogP contribution in [0.4, 0.5) is 10.1 Å². The van der Waals surface area contributed by atoms with Crippen molar-refractivity contribution in [1.82, 2.24) is 0 Å². The molecular weight excluding hydrogens is 281 g/mol. The van der Waals surface area contributed by atoms with E-state index in [0.29, 0.717) is 12.2 Å². The van der Waals surface area contributed by atoms with Crippen molar-refractivity contribution in [1.29, 1.82) is 0 Å². The van der Waals surface area contributed by atoms with E-state index in [4.69, 9.17) is 4.74 Å². The third kappa shape index (κ3) is 1.87.